The Labute approximate surface area is 236 Å². The van der Waals surface area contributed by atoms with Crippen LogP contribution in [-0.2, 0) is 21.9 Å². The summed E-state index contributed by atoms with van der Waals surface area (Å²) in [5, 5.41) is 1.05. The van der Waals surface area contributed by atoms with E-state index in [2.05, 4.69) is 18.1 Å². The number of esters is 1. The molecule has 224 valence electrons. The number of unbranched alkanes of at least 4 members (excludes halogenated alkanes) is 1. The number of piperidine rings is 1. The Morgan fingerprint density at radius 3 is 2.51 bits per heavy atom. The van der Waals surface area contributed by atoms with Crippen molar-refractivity contribution in [2.45, 2.75) is 56.1 Å². The highest BCUT2D eigenvalue weighted by Crippen LogP contribution is 2.43. The maximum absolute atomic E-state index is 14.1. The Kier molecular flexibility index (Phi) is 10.1. The predicted molar refractivity (Wildman–Crippen MR) is 138 cm³/mol. The molecule has 1 aliphatic rings. The number of nitrogens with zero attached hydrogens (tertiary/aromatic N) is 2. The molecule has 0 aliphatic carbocycles. The van der Waals surface area contributed by atoms with Gasteiger partial charge in [-0.25, -0.2) is 9.78 Å². The van der Waals surface area contributed by atoms with Gasteiger partial charge in [0.15, 0.2) is 0 Å². The summed E-state index contributed by atoms with van der Waals surface area (Å²) in [6, 6.07) is 0.0571. The SMILES string of the molecule is C=CCCCOc1nccc(C(F)(F)F)c1C(=O)N1CCC[C@@](Oc2csc(C(F)(F)F)c2)(C(=O)OC)[C@H]1CC=C. The van der Waals surface area contributed by atoms with Gasteiger partial charge in [-0.05, 0) is 31.7 Å². The van der Waals surface area contributed by atoms with Crippen LogP contribution in [0.2, 0.25) is 0 Å². The number of hydrogen-bond donors (Lipinski definition) is 0. The molecule has 2 aromatic rings. The van der Waals surface area contributed by atoms with Crippen LogP contribution in [0.3, 0.4) is 0 Å². The van der Waals surface area contributed by atoms with E-state index in [4.69, 9.17) is 14.2 Å². The van der Waals surface area contributed by atoms with E-state index in [9.17, 15) is 35.9 Å². The Balaban J connectivity index is 2.11. The quantitative estimate of drug-likeness (QED) is 0.123. The molecule has 3 heterocycles. The van der Waals surface area contributed by atoms with Crippen molar-refractivity contribution < 1.29 is 50.1 Å². The number of alkyl halides is 6. The van der Waals surface area contributed by atoms with E-state index >= 15 is 0 Å². The fourth-order valence-electron chi connectivity index (χ4n) is 4.64. The Morgan fingerprint density at radius 1 is 1.20 bits per heavy atom. The van der Waals surface area contributed by atoms with E-state index in [1.807, 2.05) is 0 Å². The van der Waals surface area contributed by atoms with Crippen molar-refractivity contribution in [1.82, 2.24) is 9.88 Å². The molecule has 14 heteroatoms. The summed E-state index contributed by atoms with van der Waals surface area (Å²) in [5.74, 6) is -3.01. The first-order valence-corrected chi connectivity index (χ1v) is 13.3. The maximum Gasteiger partial charge on any atom is 0.425 e. The molecule has 3 rings (SSSR count). The molecule has 2 aromatic heterocycles. The van der Waals surface area contributed by atoms with Crippen molar-refractivity contribution in [2.24, 2.45) is 0 Å². The van der Waals surface area contributed by atoms with Crippen LogP contribution >= 0.6 is 11.3 Å². The average molecular weight is 607 g/mol. The molecular formula is C27H28F6N2O5S. The normalized spacial score (nSPS) is 19.4. The average Bonchev–Trinajstić information content (AvgIpc) is 3.39. The highest BCUT2D eigenvalue weighted by Gasteiger charge is 2.55. The fourth-order valence-corrected chi connectivity index (χ4v) is 5.32. The first-order valence-electron chi connectivity index (χ1n) is 12.4. The highest BCUT2D eigenvalue weighted by atomic mass is 32.1. The minimum absolute atomic E-state index is 0.0500. The van der Waals surface area contributed by atoms with E-state index in [1.165, 1.54) is 6.08 Å². The lowest BCUT2D eigenvalue weighted by atomic mass is 9.81. The lowest BCUT2D eigenvalue weighted by Gasteiger charge is -2.47. The van der Waals surface area contributed by atoms with Gasteiger partial charge in [0.2, 0.25) is 11.5 Å². The zero-order chi connectivity index (χ0) is 30.4. The second kappa shape index (κ2) is 13.0. The second-order valence-corrected chi connectivity index (χ2v) is 10.00. The van der Waals surface area contributed by atoms with Crippen LogP contribution in [0, 0.1) is 0 Å². The van der Waals surface area contributed by atoms with Gasteiger partial charge in [0.25, 0.3) is 5.91 Å². The molecular weight excluding hydrogens is 578 g/mol. The third-order valence-electron chi connectivity index (χ3n) is 6.42. The summed E-state index contributed by atoms with van der Waals surface area (Å²) >= 11 is 0.340. The van der Waals surface area contributed by atoms with Crippen LogP contribution in [-0.4, -0.2) is 53.7 Å². The zero-order valence-electron chi connectivity index (χ0n) is 22.0. The van der Waals surface area contributed by atoms with E-state index in [0.29, 0.717) is 36.3 Å². The first-order chi connectivity index (χ1) is 19.3. The number of thiophene rings is 1. The summed E-state index contributed by atoms with van der Waals surface area (Å²) in [4.78, 5) is 31.1. The second-order valence-electron chi connectivity index (χ2n) is 9.09. The number of hydrogen-bond acceptors (Lipinski definition) is 7. The topological polar surface area (TPSA) is 78.0 Å². The molecule has 0 spiro atoms. The Hall–Kier alpha value is -3.55. The number of ether oxygens (including phenoxy) is 3. The first kappa shape index (κ1) is 32.0. The Bertz CT molecular complexity index is 1260. The molecule has 41 heavy (non-hydrogen) atoms. The standard InChI is InChI=1S/C27H28F6N2O5S/c1-4-6-7-14-39-22-21(18(10-12-34-22)26(28,29)30)23(36)35-13-8-11-25(24(37)38-3,19(35)9-5-2)40-17-15-20(41-16-17)27(31,32)33/h4-5,10,12,15-16,19H,1-2,6-9,11,13-14H2,3H3/t19-,25+/m1/s1. The number of allylic oxidation sites excluding steroid dienone is 1. The third kappa shape index (κ3) is 7.03. The largest absolute Gasteiger partial charge is 0.477 e. The van der Waals surface area contributed by atoms with Gasteiger partial charge in [-0.2, -0.15) is 26.3 Å². The summed E-state index contributed by atoms with van der Waals surface area (Å²) in [5.41, 5.74) is -4.20. The van der Waals surface area contributed by atoms with E-state index < -0.39 is 57.8 Å². The van der Waals surface area contributed by atoms with Gasteiger partial charge >= 0.3 is 18.3 Å². The van der Waals surface area contributed by atoms with Gasteiger partial charge in [0.05, 0.1) is 25.3 Å². The lowest BCUT2D eigenvalue weighted by molar-refractivity contribution is -0.169. The van der Waals surface area contributed by atoms with Crippen LogP contribution < -0.4 is 9.47 Å². The molecule has 0 aromatic carbocycles. The maximum atomic E-state index is 14.1. The number of likely N-dealkylation sites (tertiary alicyclic amines) is 1. The van der Waals surface area contributed by atoms with Crippen LogP contribution in [0.4, 0.5) is 26.3 Å². The van der Waals surface area contributed by atoms with Crippen molar-refractivity contribution in [3.05, 3.63) is 65.0 Å². The minimum Gasteiger partial charge on any atom is -0.477 e. The number of halogens is 6. The molecule has 0 N–H and O–H groups in total. The number of rotatable bonds is 11. The van der Waals surface area contributed by atoms with Crippen LogP contribution in [0.25, 0.3) is 0 Å². The molecule has 0 saturated carbocycles. The highest BCUT2D eigenvalue weighted by molar-refractivity contribution is 7.10. The number of carbonyl (C=O) groups excluding carboxylic acids is 2. The van der Waals surface area contributed by atoms with Crippen molar-refractivity contribution >= 4 is 23.2 Å². The monoisotopic (exact) mass is 606 g/mol. The smallest absolute Gasteiger partial charge is 0.425 e. The van der Waals surface area contributed by atoms with Crippen LogP contribution in [0.15, 0.2) is 49.0 Å². The van der Waals surface area contributed by atoms with Gasteiger partial charge in [-0.1, -0.05) is 12.2 Å². The molecule has 1 fully saturated rings. The number of amides is 1. The molecule has 0 unspecified atom stereocenters. The van der Waals surface area contributed by atoms with Gasteiger partial charge in [0.1, 0.15) is 16.2 Å². The number of pyridine rings is 1. The fraction of sp³-hybridized carbons (Fsp3) is 0.444. The molecule has 1 amide bonds. The van der Waals surface area contributed by atoms with Gasteiger partial charge in [-0.15, -0.1) is 24.5 Å². The van der Waals surface area contributed by atoms with Gasteiger partial charge in [0, 0.05) is 30.6 Å². The third-order valence-corrected chi connectivity index (χ3v) is 7.38. The van der Waals surface area contributed by atoms with Gasteiger partial charge < -0.3 is 19.1 Å². The van der Waals surface area contributed by atoms with Crippen LogP contribution in [0.1, 0.15) is 52.9 Å². The molecule has 7 nitrogen and oxygen atoms in total. The van der Waals surface area contributed by atoms with E-state index in [-0.39, 0.29) is 38.2 Å². The molecule has 1 aliphatic heterocycles. The Morgan fingerprint density at radius 2 is 1.93 bits per heavy atom. The van der Waals surface area contributed by atoms with E-state index in [0.717, 1.165) is 23.6 Å². The zero-order valence-corrected chi connectivity index (χ0v) is 22.8. The summed E-state index contributed by atoms with van der Waals surface area (Å²) in [7, 11) is 1.03. The molecule has 0 bridgehead atoms. The molecule has 0 radical (unpaired) electrons. The lowest BCUT2D eigenvalue weighted by Crippen LogP contribution is -2.65. The predicted octanol–water partition coefficient (Wildman–Crippen LogP) is 6.70. The van der Waals surface area contributed by atoms with E-state index in [1.54, 1.807) is 6.08 Å². The molecule has 2 atom stereocenters. The summed E-state index contributed by atoms with van der Waals surface area (Å²) in [6.45, 7) is 7.05. The summed E-state index contributed by atoms with van der Waals surface area (Å²) in [6.07, 6.45) is -5.12. The number of methoxy groups -OCH3 is 1. The van der Waals surface area contributed by atoms with Crippen molar-refractivity contribution in [3.63, 3.8) is 0 Å². The number of aromatic nitrogens is 1. The minimum atomic E-state index is -4.96. The van der Waals surface area contributed by atoms with Crippen LogP contribution in [0.5, 0.6) is 11.6 Å². The summed E-state index contributed by atoms with van der Waals surface area (Å²) < 4.78 is 98.3. The van der Waals surface area contributed by atoms with Crippen molar-refractivity contribution in [2.75, 3.05) is 20.3 Å². The van der Waals surface area contributed by atoms with Crippen molar-refractivity contribution in [1.29, 1.82) is 0 Å². The van der Waals surface area contributed by atoms with Crippen molar-refractivity contribution in [3.8, 4) is 11.6 Å². The van der Waals surface area contributed by atoms with Gasteiger partial charge in [-0.3, -0.25) is 4.79 Å². The number of carbonyl (C=O) groups is 2. The molecule has 1 saturated heterocycles.